The van der Waals surface area contributed by atoms with Gasteiger partial charge in [0.15, 0.2) is 0 Å². The molecule has 102 valence electrons. The van der Waals surface area contributed by atoms with E-state index in [2.05, 4.69) is 43.6 Å². The second-order valence-electron chi connectivity index (χ2n) is 5.51. The SMILES string of the molecule is CCOCC(NC(c1cccs1)C1CC1)C(C)C. The van der Waals surface area contributed by atoms with Crippen LogP contribution in [0.5, 0.6) is 0 Å². The summed E-state index contributed by atoms with van der Waals surface area (Å²) in [6.45, 7) is 8.24. The van der Waals surface area contributed by atoms with Gasteiger partial charge in [0, 0.05) is 23.6 Å². The number of hydrogen-bond donors (Lipinski definition) is 1. The highest BCUT2D eigenvalue weighted by molar-refractivity contribution is 7.10. The molecule has 0 spiro atoms. The van der Waals surface area contributed by atoms with E-state index in [4.69, 9.17) is 4.74 Å². The van der Waals surface area contributed by atoms with Crippen LogP contribution in [0, 0.1) is 11.8 Å². The van der Waals surface area contributed by atoms with Gasteiger partial charge in [-0.25, -0.2) is 0 Å². The van der Waals surface area contributed by atoms with Gasteiger partial charge in [0.25, 0.3) is 0 Å². The predicted octanol–water partition coefficient (Wildman–Crippen LogP) is 3.85. The van der Waals surface area contributed by atoms with Crippen LogP contribution in [0.3, 0.4) is 0 Å². The van der Waals surface area contributed by atoms with Gasteiger partial charge in [-0.1, -0.05) is 19.9 Å². The first-order chi connectivity index (χ1) is 8.72. The summed E-state index contributed by atoms with van der Waals surface area (Å²) >= 11 is 1.87. The summed E-state index contributed by atoms with van der Waals surface area (Å²) in [6, 6.07) is 5.42. The van der Waals surface area contributed by atoms with E-state index in [1.807, 2.05) is 11.3 Å². The molecule has 1 aliphatic rings. The molecule has 0 aliphatic heterocycles. The van der Waals surface area contributed by atoms with Crippen LogP contribution in [-0.2, 0) is 4.74 Å². The maximum Gasteiger partial charge on any atom is 0.0622 e. The van der Waals surface area contributed by atoms with Crippen molar-refractivity contribution in [1.29, 1.82) is 0 Å². The van der Waals surface area contributed by atoms with Crippen molar-refractivity contribution in [3.8, 4) is 0 Å². The molecular formula is C15H25NOS. The summed E-state index contributed by atoms with van der Waals surface area (Å²) in [4.78, 5) is 1.49. The Morgan fingerprint density at radius 3 is 2.72 bits per heavy atom. The van der Waals surface area contributed by atoms with Crippen LogP contribution in [0.15, 0.2) is 17.5 Å². The minimum atomic E-state index is 0.456. The fourth-order valence-electron chi connectivity index (χ4n) is 2.26. The number of thiophene rings is 1. The van der Waals surface area contributed by atoms with Crippen LogP contribution >= 0.6 is 11.3 Å². The first kappa shape index (κ1) is 14.0. The third-order valence-corrected chi connectivity index (χ3v) is 4.60. The average molecular weight is 267 g/mol. The van der Waals surface area contributed by atoms with Crippen molar-refractivity contribution in [2.45, 2.75) is 45.7 Å². The van der Waals surface area contributed by atoms with Crippen molar-refractivity contribution in [3.63, 3.8) is 0 Å². The van der Waals surface area contributed by atoms with Gasteiger partial charge in [-0.15, -0.1) is 11.3 Å². The molecule has 18 heavy (non-hydrogen) atoms. The van der Waals surface area contributed by atoms with E-state index in [9.17, 15) is 0 Å². The van der Waals surface area contributed by atoms with E-state index in [0.29, 0.717) is 18.0 Å². The first-order valence-corrected chi connectivity index (χ1v) is 7.97. The van der Waals surface area contributed by atoms with Gasteiger partial charge in [0.1, 0.15) is 0 Å². The van der Waals surface area contributed by atoms with Crippen LogP contribution in [0.2, 0.25) is 0 Å². The Balaban J connectivity index is 1.98. The van der Waals surface area contributed by atoms with Gasteiger partial charge in [-0.05, 0) is 43.0 Å². The van der Waals surface area contributed by atoms with Crippen molar-refractivity contribution in [1.82, 2.24) is 5.32 Å². The molecule has 2 atom stereocenters. The minimum Gasteiger partial charge on any atom is -0.380 e. The minimum absolute atomic E-state index is 0.456. The molecule has 1 N–H and O–H groups in total. The quantitative estimate of drug-likeness (QED) is 0.772. The molecule has 1 heterocycles. The summed E-state index contributed by atoms with van der Waals surface area (Å²) in [7, 11) is 0. The highest BCUT2D eigenvalue weighted by Gasteiger charge is 2.34. The molecule has 2 rings (SSSR count). The summed E-state index contributed by atoms with van der Waals surface area (Å²) in [5.41, 5.74) is 0. The second-order valence-corrected chi connectivity index (χ2v) is 6.49. The van der Waals surface area contributed by atoms with Gasteiger partial charge in [0.05, 0.1) is 6.61 Å². The van der Waals surface area contributed by atoms with Crippen molar-refractivity contribution >= 4 is 11.3 Å². The van der Waals surface area contributed by atoms with Gasteiger partial charge in [-0.2, -0.15) is 0 Å². The smallest absolute Gasteiger partial charge is 0.0622 e. The Morgan fingerprint density at radius 1 is 1.44 bits per heavy atom. The highest BCUT2D eigenvalue weighted by Crippen LogP contribution is 2.42. The predicted molar refractivity (Wildman–Crippen MR) is 78.0 cm³/mol. The van der Waals surface area contributed by atoms with Crippen LogP contribution < -0.4 is 5.32 Å². The lowest BCUT2D eigenvalue weighted by Gasteiger charge is -2.28. The van der Waals surface area contributed by atoms with E-state index in [1.54, 1.807) is 0 Å². The normalized spacial score (nSPS) is 19.1. The molecule has 0 radical (unpaired) electrons. The summed E-state index contributed by atoms with van der Waals surface area (Å²) in [5, 5.41) is 6.02. The topological polar surface area (TPSA) is 21.3 Å². The molecule has 1 aliphatic carbocycles. The van der Waals surface area contributed by atoms with Crippen LogP contribution in [0.4, 0.5) is 0 Å². The monoisotopic (exact) mass is 267 g/mol. The number of hydrogen-bond acceptors (Lipinski definition) is 3. The summed E-state index contributed by atoms with van der Waals surface area (Å²) in [6.07, 6.45) is 2.74. The molecule has 3 heteroatoms. The number of nitrogens with one attached hydrogen (secondary N) is 1. The molecule has 0 aromatic carbocycles. The van der Waals surface area contributed by atoms with Crippen LogP contribution in [-0.4, -0.2) is 19.3 Å². The van der Waals surface area contributed by atoms with Gasteiger partial charge in [0.2, 0.25) is 0 Å². The lowest BCUT2D eigenvalue weighted by Crippen LogP contribution is -2.40. The fourth-order valence-corrected chi connectivity index (χ4v) is 3.14. The van der Waals surface area contributed by atoms with Crippen LogP contribution in [0.25, 0.3) is 0 Å². The van der Waals surface area contributed by atoms with E-state index in [-0.39, 0.29) is 0 Å². The molecule has 1 aromatic heterocycles. The summed E-state index contributed by atoms with van der Waals surface area (Å²) in [5.74, 6) is 1.45. The zero-order chi connectivity index (χ0) is 13.0. The van der Waals surface area contributed by atoms with Crippen molar-refractivity contribution < 1.29 is 4.74 Å². The third-order valence-electron chi connectivity index (χ3n) is 3.64. The summed E-state index contributed by atoms with van der Waals surface area (Å²) < 4.78 is 5.62. The van der Waals surface area contributed by atoms with Crippen molar-refractivity contribution in [2.75, 3.05) is 13.2 Å². The largest absolute Gasteiger partial charge is 0.380 e. The van der Waals surface area contributed by atoms with E-state index in [0.717, 1.165) is 19.1 Å². The molecule has 2 unspecified atom stereocenters. The van der Waals surface area contributed by atoms with E-state index >= 15 is 0 Å². The third kappa shape index (κ3) is 3.81. The zero-order valence-electron chi connectivity index (χ0n) is 11.7. The van der Waals surface area contributed by atoms with Gasteiger partial charge in [-0.3, -0.25) is 0 Å². The van der Waals surface area contributed by atoms with Crippen molar-refractivity contribution in [2.24, 2.45) is 11.8 Å². The fraction of sp³-hybridized carbons (Fsp3) is 0.733. The number of rotatable bonds is 8. The Hall–Kier alpha value is -0.380. The lowest BCUT2D eigenvalue weighted by atomic mass is 10.0. The van der Waals surface area contributed by atoms with Gasteiger partial charge < -0.3 is 10.1 Å². The Morgan fingerprint density at radius 2 is 2.22 bits per heavy atom. The Kier molecular flexibility index (Phi) is 5.22. The van der Waals surface area contributed by atoms with Crippen molar-refractivity contribution in [3.05, 3.63) is 22.4 Å². The number of ether oxygens (including phenoxy) is 1. The van der Waals surface area contributed by atoms with E-state index in [1.165, 1.54) is 17.7 Å². The second kappa shape index (κ2) is 6.69. The molecule has 0 saturated heterocycles. The standard InChI is InChI=1S/C15H25NOS/c1-4-17-10-13(11(2)3)16-15(12-7-8-12)14-6-5-9-18-14/h5-6,9,11-13,15-16H,4,7-8,10H2,1-3H3. The molecule has 1 aromatic rings. The molecule has 1 saturated carbocycles. The maximum absolute atomic E-state index is 5.62. The molecule has 1 fully saturated rings. The Labute approximate surface area is 115 Å². The highest BCUT2D eigenvalue weighted by atomic mass is 32.1. The molecular weight excluding hydrogens is 242 g/mol. The first-order valence-electron chi connectivity index (χ1n) is 7.09. The maximum atomic E-state index is 5.62. The molecule has 2 nitrogen and oxygen atoms in total. The molecule has 0 amide bonds. The lowest BCUT2D eigenvalue weighted by molar-refractivity contribution is 0.102. The van der Waals surface area contributed by atoms with Crippen LogP contribution in [0.1, 0.15) is 44.5 Å². The van der Waals surface area contributed by atoms with Gasteiger partial charge >= 0.3 is 0 Å². The average Bonchev–Trinajstić information content (AvgIpc) is 3.04. The van der Waals surface area contributed by atoms with E-state index < -0.39 is 0 Å². The Bertz CT molecular complexity index is 332. The molecule has 0 bridgehead atoms. The zero-order valence-corrected chi connectivity index (χ0v) is 12.5.